The van der Waals surface area contributed by atoms with Crippen LogP contribution in [0.15, 0.2) is 18.2 Å². The molecule has 0 spiro atoms. The van der Waals surface area contributed by atoms with Crippen LogP contribution >= 0.6 is 0 Å². The minimum atomic E-state index is 0.224. The van der Waals surface area contributed by atoms with Crippen molar-refractivity contribution >= 4 is 5.78 Å². The molecule has 0 atom stereocenters. The van der Waals surface area contributed by atoms with Gasteiger partial charge in [-0.25, -0.2) is 0 Å². The Kier molecular flexibility index (Phi) is 4.16. The van der Waals surface area contributed by atoms with Gasteiger partial charge in [0.2, 0.25) is 0 Å². The van der Waals surface area contributed by atoms with Crippen LogP contribution in [0.3, 0.4) is 0 Å². The second kappa shape index (κ2) is 5.39. The highest BCUT2D eigenvalue weighted by Crippen LogP contribution is 2.27. The lowest BCUT2D eigenvalue weighted by Gasteiger charge is -2.08. The fraction of sp³-hybridized carbons (Fsp3) is 0.417. The lowest BCUT2D eigenvalue weighted by molar-refractivity contribution is -0.118. The molecule has 0 N–H and O–H groups in total. The molecule has 15 heavy (non-hydrogen) atoms. The molecule has 0 radical (unpaired) electrons. The number of hydrogen-bond donors (Lipinski definition) is 0. The van der Waals surface area contributed by atoms with E-state index in [0.29, 0.717) is 24.3 Å². The molecule has 82 valence electrons. The predicted molar refractivity (Wildman–Crippen MR) is 58.5 cm³/mol. The zero-order valence-electron chi connectivity index (χ0n) is 9.37. The van der Waals surface area contributed by atoms with Gasteiger partial charge in [-0.3, -0.25) is 4.79 Å². The molecule has 3 nitrogen and oxygen atoms in total. The molecule has 0 fully saturated rings. The van der Waals surface area contributed by atoms with Crippen LogP contribution in [-0.2, 0) is 11.2 Å². The minimum Gasteiger partial charge on any atom is -0.493 e. The van der Waals surface area contributed by atoms with E-state index < -0.39 is 0 Å². The Balaban J connectivity index is 2.88. The van der Waals surface area contributed by atoms with E-state index in [4.69, 9.17) is 9.47 Å². The molecule has 0 unspecified atom stereocenters. The van der Waals surface area contributed by atoms with Crippen molar-refractivity contribution in [2.24, 2.45) is 0 Å². The van der Waals surface area contributed by atoms with E-state index in [1.54, 1.807) is 14.2 Å². The minimum absolute atomic E-state index is 0.224. The van der Waals surface area contributed by atoms with Gasteiger partial charge in [-0.1, -0.05) is 13.0 Å². The highest BCUT2D eigenvalue weighted by atomic mass is 16.5. The van der Waals surface area contributed by atoms with Crippen molar-refractivity contribution in [2.75, 3.05) is 14.2 Å². The Labute approximate surface area is 90.0 Å². The standard InChI is InChI=1S/C12H16O3/c1-4-10(13)7-9-5-6-11(14-2)12(8-9)15-3/h5-6,8H,4,7H2,1-3H3. The van der Waals surface area contributed by atoms with E-state index in [2.05, 4.69) is 0 Å². The summed E-state index contributed by atoms with van der Waals surface area (Å²) < 4.78 is 10.3. The molecule has 0 aliphatic carbocycles. The molecule has 0 bridgehead atoms. The summed E-state index contributed by atoms with van der Waals surface area (Å²) in [7, 11) is 3.18. The lowest BCUT2D eigenvalue weighted by Crippen LogP contribution is -2.01. The molecule has 0 aliphatic heterocycles. The third-order valence-corrected chi connectivity index (χ3v) is 2.24. The quantitative estimate of drug-likeness (QED) is 0.744. The maximum Gasteiger partial charge on any atom is 0.161 e. The molecule has 1 aromatic rings. The third kappa shape index (κ3) is 2.98. The number of carbonyl (C=O) groups is 1. The second-order valence-electron chi connectivity index (χ2n) is 3.26. The van der Waals surface area contributed by atoms with Gasteiger partial charge >= 0.3 is 0 Å². The molecule has 0 saturated carbocycles. The molecule has 0 saturated heterocycles. The summed E-state index contributed by atoms with van der Waals surface area (Å²) in [5.74, 6) is 1.58. The van der Waals surface area contributed by atoms with Crippen molar-refractivity contribution in [3.63, 3.8) is 0 Å². The molecule has 3 heteroatoms. The average molecular weight is 208 g/mol. The van der Waals surface area contributed by atoms with Gasteiger partial charge in [0, 0.05) is 12.8 Å². The van der Waals surface area contributed by atoms with E-state index in [1.165, 1.54) is 0 Å². The largest absolute Gasteiger partial charge is 0.493 e. The van der Waals surface area contributed by atoms with Crippen molar-refractivity contribution in [2.45, 2.75) is 19.8 Å². The van der Waals surface area contributed by atoms with Crippen LogP contribution in [0.25, 0.3) is 0 Å². The van der Waals surface area contributed by atoms with Crippen LogP contribution in [0.5, 0.6) is 11.5 Å². The van der Waals surface area contributed by atoms with Crippen molar-refractivity contribution < 1.29 is 14.3 Å². The fourth-order valence-corrected chi connectivity index (χ4v) is 1.34. The first kappa shape index (κ1) is 11.6. The number of ether oxygens (including phenoxy) is 2. The van der Waals surface area contributed by atoms with Gasteiger partial charge in [0.1, 0.15) is 5.78 Å². The van der Waals surface area contributed by atoms with Gasteiger partial charge in [-0.2, -0.15) is 0 Å². The topological polar surface area (TPSA) is 35.5 Å². The number of rotatable bonds is 5. The Morgan fingerprint density at radius 3 is 2.40 bits per heavy atom. The van der Waals surface area contributed by atoms with E-state index in [0.717, 1.165) is 5.56 Å². The Hall–Kier alpha value is -1.51. The summed E-state index contributed by atoms with van der Waals surface area (Å²) in [4.78, 5) is 11.3. The average Bonchev–Trinajstić information content (AvgIpc) is 2.28. The third-order valence-electron chi connectivity index (χ3n) is 2.24. The zero-order valence-corrected chi connectivity index (χ0v) is 9.37. The highest BCUT2D eigenvalue weighted by Gasteiger charge is 2.06. The van der Waals surface area contributed by atoms with Crippen molar-refractivity contribution in [1.29, 1.82) is 0 Å². The Morgan fingerprint density at radius 2 is 1.87 bits per heavy atom. The van der Waals surface area contributed by atoms with Crippen LogP contribution in [-0.4, -0.2) is 20.0 Å². The Morgan fingerprint density at radius 1 is 1.20 bits per heavy atom. The van der Waals surface area contributed by atoms with Crippen LogP contribution in [0.4, 0.5) is 0 Å². The first-order valence-electron chi connectivity index (χ1n) is 4.93. The van der Waals surface area contributed by atoms with Crippen LogP contribution < -0.4 is 9.47 Å². The lowest BCUT2D eigenvalue weighted by atomic mass is 10.1. The monoisotopic (exact) mass is 208 g/mol. The maximum atomic E-state index is 11.3. The first-order valence-corrected chi connectivity index (χ1v) is 4.93. The predicted octanol–water partition coefficient (Wildman–Crippen LogP) is 2.23. The van der Waals surface area contributed by atoms with Gasteiger partial charge in [0.15, 0.2) is 11.5 Å². The number of carbonyl (C=O) groups excluding carboxylic acids is 1. The van der Waals surface area contributed by atoms with Crippen LogP contribution in [0.2, 0.25) is 0 Å². The highest BCUT2D eigenvalue weighted by molar-refractivity contribution is 5.80. The molecule has 1 aromatic carbocycles. The summed E-state index contributed by atoms with van der Waals surface area (Å²) in [5, 5.41) is 0. The van der Waals surface area contributed by atoms with E-state index in [9.17, 15) is 4.79 Å². The van der Waals surface area contributed by atoms with Gasteiger partial charge in [-0.15, -0.1) is 0 Å². The second-order valence-corrected chi connectivity index (χ2v) is 3.26. The first-order chi connectivity index (χ1) is 7.21. The van der Waals surface area contributed by atoms with Gasteiger partial charge < -0.3 is 9.47 Å². The molecule has 0 aliphatic rings. The van der Waals surface area contributed by atoms with Gasteiger partial charge in [-0.05, 0) is 17.7 Å². The summed E-state index contributed by atoms with van der Waals surface area (Å²) in [6.07, 6.45) is 1.02. The maximum absolute atomic E-state index is 11.3. The normalized spacial score (nSPS) is 9.80. The van der Waals surface area contributed by atoms with E-state index >= 15 is 0 Å². The smallest absolute Gasteiger partial charge is 0.161 e. The summed E-state index contributed by atoms with van der Waals surface area (Å²) in [6, 6.07) is 5.54. The van der Waals surface area contributed by atoms with Crippen molar-refractivity contribution in [3.05, 3.63) is 23.8 Å². The van der Waals surface area contributed by atoms with Crippen molar-refractivity contribution in [3.8, 4) is 11.5 Å². The van der Waals surface area contributed by atoms with E-state index in [-0.39, 0.29) is 5.78 Å². The van der Waals surface area contributed by atoms with Crippen LogP contribution in [0, 0.1) is 0 Å². The zero-order chi connectivity index (χ0) is 11.3. The Bertz CT molecular complexity index is 345. The molecule has 0 aromatic heterocycles. The van der Waals surface area contributed by atoms with Crippen molar-refractivity contribution in [1.82, 2.24) is 0 Å². The molecule has 0 heterocycles. The molecular formula is C12H16O3. The van der Waals surface area contributed by atoms with E-state index in [1.807, 2.05) is 25.1 Å². The number of methoxy groups -OCH3 is 2. The number of hydrogen-bond acceptors (Lipinski definition) is 3. The summed E-state index contributed by atoms with van der Waals surface area (Å²) in [6.45, 7) is 1.86. The summed E-state index contributed by atoms with van der Waals surface area (Å²) >= 11 is 0. The summed E-state index contributed by atoms with van der Waals surface area (Å²) in [5.41, 5.74) is 0.958. The molecule has 0 amide bonds. The van der Waals surface area contributed by atoms with Gasteiger partial charge in [0.05, 0.1) is 14.2 Å². The number of Topliss-reactive ketones (excluding diaryl/α,β-unsaturated/α-hetero) is 1. The SMILES string of the molecule is CCC(=O)Cc1ccc(OC)c(OC)c1. The number of ketones is 1. The molecule has 1 rings (SSSR count). The molecular weight excluding hydrogens is 192 g/mol. The fourth-order valence-electron chi connectivity index (χ4n) is 1.34. The number of benzene rings is 1. The van der Waals surface area contributed by atoms with Gasteiger partial charge in [0.25, 0.3) is 0 Å². The van der Waals surface area contributed by atoms with Crippen LogP contribution in [0.1, 0.15) is 18.9 Å².